The fourth-order valence-electron chi connectivity index (χ4n) is 3.16. The molecule has 0 radical (unpaired) electrons. The zero-order valence-electron chi connectivity index (χ0n) is 12.7. The number of hydrogen-bond acceptors (Lipinski definition) is 3. The van der Waals surface area contributed by atoms with E-state index in [1.54, 1.807) is 0 Å². The molecule has 1 fully saturated rings. The fourth-order valence-corrected chi connectivity index (χ4v) is 3.16. The highest BCUT2D eigenvalue weighted by Gasteiger charge is 2.42. The molecule has 0 spiro atoms. The molecule has 1 aliphatic carbocycles. The largest absolute Gasteiger partial charge is 0.381 e. The van der Waals surface area contributed by atoms with Crippen LogP contribution in [0.15, 0.2) is 0 Å². The van der Waals surface area contributed by atoms with Gasteiger partial charge in [0.05, 0.1) is 6.07 Å². The van der Waals surface area contributed by atoms with Crippen LogP contribution in [0, 0.1) is 17.2 Å². The molecule has 0 aromatic heterocycles. The van der Waals surface area contributed by atoms with E-state index in [1.807, 2.05) is 0 Å². The topological polar surface area (TPSA) is 45.0 Å². The minimum Gasteiger partial charge on any atom is -0.381 e. The Morgan fingerprint density at radius 3 is 2.79 bits per heavy atom. The van der Waals surface area contributed by atoms with Gasteiger partial charge in [-0.25, -0.2) is 0 Å². The third-order valence-corrected chi connectivity index (χ3v) is 4.27. The quantitative estimate of drug-likeness (QED) is 0.614. The molecule has 1 aliphatic rings. The Labute approximate surface area is 118 Å². The second-order valence-electron chi connectivity index (χ2n) is 5.66. The van der Waals surface area contributed by atoms with E-state index in [2.05, 4.69) is 25.2 Å². The lowest BCUT2D eigenvalue weighted by Crippen LogP contribution is -2.47. The Balaban J connectivity index is 2.19. The Hall–Kier alpha value is -0.590. The summed E-state index contributed by atoms with van der Waals surface area (Å²) in [5.41, 5.74) is -0.277. The molecule has 1 saturated carbocycles. The second kappa shape index (κ2) is 9.34. The van der Waals surface area contributed by atoms with Gasteiger partial charge in [0.25, 0.3) is 0 Å². The molecule has 1 N–H and O–H groups in total. The average molecular weight is 266 g/mol. The van der Waals surface area contributed by atoms with Crippen LogP contribution in [0.2, 0.25) is 0 Å². The number of hydrogen-bond donors (Lipinski definition) is 1. The van der Waals surface area contributed by atoms with Crippen molar-refractivity contribution >= 4 is 0 Å². The van der Waals surface area contributed by atoms with Crippen molar-refractivity contribution in [3.63, 3.8) is 0 Å². The molecule has 1 rings (SSSR count). The van der Waals surface area contributed by atoms with Gasteiger partial charge in [-0.1, -0.05) is 39.5 Å². The van der Waals surface area contributed by atoms with E-state index in [-0.39, 0.29) is 5.54 Å². The van der Waals surface area contributed by atoms with Crippen LogP contribution in [-0.2, 0) is 4.74 Å². The molecule has 19 heavy (non-hydrogen) atoms. The Bertz CT molecular complexity index is 274. The molecule has 0 heterocycles. The van der Waals surface area contributed by atoms with Crippen LogP contribution in [0.25, 0.3) is 0 Å². The lowest BCUT2D eigenvalue weighted by Gasteiger charge is -2.29. The summed E-state index contributed by atoms with van der Waals surface area (Å²) in [7, 11) is 0. The summed E-state index contributed by atoms with van der Waals surface area (Å²) in [5, 5.41) is 12.9. The first kappa shape index (κ1) is 16.5. The number of unbranched alkanes of at least 4 members (excludes halogenated alkanes) is 3. The van der Waals surface area contributed by atoms with Crippen molar-refractivity contribution in [3.05, 3.63) is 0 Å². The van der Waals surface area contributed by atoms with Crippen LogP contribution in [0.3, 0.4) is 0 Å². The van der Waals surface area contributed by atoms with Crippen molar-refractivity contribution < 1.29 is 4.74 Å². The number of rotatable bonds is 10. The van der Waals surface area contributed by atoms with Gasteiger partial charge >= 0.3 is 0 Å². The van der Waals surface area contributed by atoms with Gasteiger partial charge in [-0.2, -0.15) is 5.26 Å². The molecule has 3 heteroatoms. The van der Waals surface area contributed by atoms with Crippen LogP contribution < -0.4 is 5.32 Å². The molecule has 3 nitrogen and oxygen atoms in total. The van der Waals surface area contributed by atoms with E-state index >= 15 is 0 Å². The first-order chi connectivity index (χ1) is 9.29. The zero-order valence-corrected chi connectivity index (χ0v) is 12.7. The number of nitrogens with zero attached hydrogens (tertiary/aromatic N) is 1. The van der Waals surface area contributed by atoms with Crippen molar-refractivity contribution in [2.24, 2.45) is 5.92 Å². The first-order valence-electron chi connectivity index (χ1n) is 8.03. The van der Waals surface area contributed by atoms with E-state index in [4.69, 9.17) is 4.74 Å². The predicted octanol–water partition coefficient (Wildman–Crippen LogP) is 3.65. The minimum atomic E-state index is -0.277. The van der Waals surface area contributed by atoms with Crippen LogP contribution in [-0.4, -0.2) is 25.3 Å². The lowest BCUT2D eigenvalue weighted by molar-refractivity contribution is 0.108. The summed E-state index contributed by atoms with van der Waals surface area (Å²) < 4.78 is 5.72. The fraction of sp³-hybridized carbons (Fsp3) is 0.938. The lowest BCUT2D eigenvalue weighted by atomic mass is 9.86. The Morgan fingerprint density at radius 1 is 1.26 bits per heavy atom. The minimum absolute atomic E-state index is 0.277. The third kappa shape index (κ3) is 5.12. The summed E-state index contributed by atoms with van der Waals surface area (Å²) in [6, 6.07) is 2.53. The summed E-state index contributed by atoms with van der Waals surface area (Å²) in [6.07, 6.45) is 9.39. The summed E-state index contributed by atoms with van der Waals surface area (Å²) in [4.78, 5) is 0. The van der Waals surface area contributed by atoms with Crippen molar-refractivity contribution in [1.29, 1.82) is 5.26 Å². The predicted molar refractivity (Wildman–Crippen MR) is 78.9 cm³/mol. The Morgan fingerprint density at radius 2 is 2.11 bits per heavy atom. The maximum atomic E-state index is 9.46. The van der Waals surface area contributed by atoms with E-state index in [0.29, 0.717) is 5.92 Å². The molecule has 0 aromatic rings. The zero-order chi connectivity index (χ0) is 14.0. The molecular formula is C16H30N2O. The molecular weight excluding hydrogens is 236 g/mol. The summed E-state index contributed by atoms with van der Waals surface area (Å²) in [5.74, 6) is 0.466. The molecule has 0 aliphatic heterocycles. The van der Waals surface area contributed by atoms with E-state index in [0.717, 1.165) is 32.6 Å². The van der Waals surface area contributed by atoms with Gasteiger partial charge in [-0.05, 0) is 38.1 Å². The van der Waals surface area contributed by atoms with Gasteiger partial charge in [-0.3, -0.25) is 5.32 Å². The van der Waals surface area contributed by atoms with Crippen LogP contribution >= 0.6 is 0 Å². The van der Waals surface area contributed by atoms with E-state index in [9.17, 15) is 5.26 Å². The molecule has 2 atom stereocenters. The summed E-state index contributed by atoms with van der Waals surface area (Å²) >= 11 is 0. The molecule has 0 saturated heterocycles. The maximum absolute atomic E-state index is 9.46. The van der Waals surface area contributed by atoms with Gasteiger partial charge in [0.1, 0.15) is 5.54 Å². The number of nitrogens with one attached hydrogen (secondary N) is 1. The SMILES string of the molecule is CCCCCCOCCC1CCCC1(C#N)NCC. The smallest absolute Gasteiger partial charge is 0.109 e. The monoisotopic (exact) mass is 266 g/mol. The second-order valence-corrected chi connectivity index (χ2v) is 5.66. The number of ether oxygens (including phenoxy) is 1. The van der Waals surface area contributed by atoms with Crippen molar-refractivity contribution in [3.8, 4) is 6.07 Å². The third-order valence-electron chi connectivity index (χ3n) is 4.27. The van der Waals surface area contributed by atoms with Crippen LogP contribution in [0.5, 0.6) is 0 Å². The highest BCUT2D eigenvalue weighted by Crippen LogP contribution is 2.37. The normalized spacial score (nSPS) is 26.5. The first-order valence-corrected chi connectivity index (χ1v) is 8.03. The molecule has 110 valence electrons. The Kier molecular flexibility index (Phi) is 8.09. The molecule has 0 aromatic carbocycles. The van der Waals surface area contributed by atoms with Crippen LogP contribution in [0.1, 0.15) is 65.2 Å². The molecule has 0 amide bonds. The van der Waals surface area contributed by atoms with Crippen LogP contribution in [0.4, 0.5) is 0 Å². The summed E-state index contributed by atoms with van der Waals surface area (Å²) in [6.45, 7) is 6.88. The molecule has 2 unspecified atom stereocenters. The van der Waals surface area contributed by atoms with Crippen molar-refractivity contribution in [2.75, 3.05) is 19.8 Å². The van der Waals surface area contributed by atoms with E-state index in [1.165, 1.54) is 38.5 Å². The van der Waals surface area contributed by atoms with Gasteiger partial charge in [-0.15, -0.1) is 0 Å². The van der Waals surface area contributed by atoms with Gasteiger partial charge < -0.3 is 4.74 Å². The highest BCUT2D eigenvalue weighted by atomic mass is 16.5. The molecule has 0 bridgehead atoms. The number of nitriles is 1. The van der Waals surface area contributed by atoms with Crippen molar-refractivity contribution in [2.45, 2.75) is 70.8 Å². The standard InChI is InChI=1S/C16H30N2O/c1-3-5-6-7-12-19-13-10-15-9-8-11-16(15,14-17)18-4-2/h15,18H,3-13H2,1-2H3. The van der Waals surface area contributed by atoms with E-state index < -0.39 is 0 Å². The van der Waals surface area contributed by atoms with Gasteiger partial charge in [0, 0.05) is 13.2 Å². The average Bonchev–Trinajstić information content (AvgIpc) is 2.82. The van der Waals surface area contributed by atoms with Crippen molar-refractivity contribution in [1.82, 2.24) is 5.32 Å². The maximum Gasteiger partial charge on any atom is 0.109 e. The van der Waals surface area contributed by atoms with Gasteiger partial charge in [0.15, 0.2) is 0 Å². The van der Waals surface area contributed by atoms with Gasteiger partial charge in [0.2, 0.25) is 0 Å². The highest BCUT2D eigenvalue weighted by molar-refractivity contribution is 5.13.